The van der Waals surface area contributed by atoms with Crippen LogP contribution in [0.2, 0.25) is 0 Å². The van der Waals surface area contributed by atoms with Crippen molar-refractivity contribution >= 4 is 12.1 Å². The number of aliphatic hydroxyl groups excluding tert-OH is 1. The predicted molar refractivity (Wildman–Crippen MR) is 48.1 cm³/mol. The molecule has 1 heterocycles. The summed E-state index contributed by atoms with van der Waals surface area (Å²) in [7, 11) is 1.31. The van der Waals surface area contributed by atoms with Gasteiger partial charge in [-0.25, -0.2) is 4.79 Å². The topological polar surface area (TPSA) is 82.1 Å². The molecule has 1 N–H and O–H groups in total. The molecule has 86 valence electrons. The molecular weight excluding hydrogens is 204 g/mol. The van der Waals surface area contributed by atoms with Crippen molar-refractivity contribution < 1.29 is 28.9 Å². The van der Waals surface area contributed by atoms with Crippen LogP contribution in [0.1, 0.15) is 19.3 Å². The maximum Gasteiger partial charge on any atom is 0.508 e. The largest absolute Gasteiger partial charge is 0.508 e. The summed E-state index contributed by atoms with van der Waals surface area (Å²) in [6.45, 7) is 0.0677. The van der Waals surface area contributed by atoms with E-state index in [1.807, 2.05) is 0 Å². The molecule has 0 bridgehead atoms. The Hall–Kier alpha value is -1.30. The van der Waals surface area contributed by atoms with E-state index in [1.54, 1.807) is 0 Å². The molecule has 0 unspecified atom stereocenters. The van der Waals surface area contributed by atoms with E-state index < -0.39 is 18.4 Å². The van der Waals surface area contributed by atoms with Crippen LogP contribution < -0.4 is 0 Å². The number of aliphatic hydroxyl groups is 1. The Morgan fingerprint density at radius 3 is 3.00 bits per heavy atom. The lowest BCUT2D eigenvalue weighted by Crippen LogP contribution is -2.28. The van der Waals surface area contributed by atoms with E-state index in [9.17, 15) is 14.7 Å². The average molecular weight is 218 g/mol. The molecule has 2 atom stereocenters. The first-order valence-electron chi connectivity index (χ1n) is 4.71. The zero-order valence-electron chi connectivity index (χ0n) is 8.47. The minimum Gasteiger partial charge on any atom is -0.469 e. The van der Waals surface area contributed by atoms with Gasteiger partial charge in [0.15, 0.2) is 6.10 Å². The van der Waals surface area contributed by atoms with Crippen molar-refractivity contribution in [3.05, 3.63) is 0 Å². The second kappa shape index (κ2) is 5.55. The molecule has 0 radical (unpaired) electrons. The number of hydrogen-bond donors (Lipinski definition) is 1. The van der Waals surface area contributed by atoms with Crippen LogP contribution in [0.3, 0.4) is 0 Å². The van der Waals surface area contributed by atoms with E-state index in [0.29, 0.717) is 12.8 Å². The van der Waals surface area contributed by atoms with Gasteiger partial charge >= 0.3 is 12.1 Å². The van der Waals surface area contributed by atoms with Crippen LogP contribution in [0.25, 0.3) is 0 Å². The standard InChI is InChI=1S/C9H14O6/c1-13-8(11)4-2-3-6(10)7-5-14-9(12)15-7/h6-7,10H,2-5H2,1H3/t6-,7+/m0/s1. The Balaban J connectivity index is 2.16. The Morgan fingerprint density at radius 1 is 1.73 bits per heavy atom. The lowest BCUT2D eigenvalue weighted by atomic mass is 10.1. The molecule has 0 spiro atoms. The molecule has 1 aliphatic heterocycles. The lowest BCUT2D eigenvalue weighted by Gasteiger charge is -2.13. The van der Waals surface area contributed by atoms with Gasteiger partial charge < -0.3 is 19.3 Å². The molecule has 0 saturated carbocycles. The van der Waals surface area contributed by atoms with Crippen LogP contribution in [0.4, 0.5) is 4.79 Å². The highest BCUT2D eigenvalue weighted by Crippen LogP contribution is 2.14. The lowest BCUT2D eigenvalue weighted by molar-refractivity contribution is -0.140. The number of hydrogen-bond acceptors (Lipinski definition) is 6. The number of cyclic esters (lactones) is 2. The van der Waals surface area contributed by atoms with Gasteiger partial charge in [-0.05, 0) is 12.8 Å². The summed E-state index contributed by atoms with van der Waals surface area (Å²) in [4.78, 5) is 21.3. The fourth-order valence-electron chi connectivity index (χ4n) is 1.27. The van der Waals surface area contributed by atoms with Crippen molar-refractivity contribution in [1.29, 1.82) is 0 Å². The third-order valence-corrected chi connectivity index (χ3v) is 2.15. The van der Waals surface area contributed by atoms with Crippen molar-refractivity contribution in [1.82, 2.24) is 0 Å². The van der Waals surface area contributed by atoms with Crippen molar-refractivity contribution in [3.63, 3.8) is 0 Å². The van der Waals surface area contributed by atoms with Gasteiger partial charge in [-0.3, -0.25) is 4.79 Å². The molecule has 15 heavy (non-hydrogen) atoms. The third-order valence-electron chi connectivity index (χ3n) is 2.15. The SMILES string of the molecule is COC(=O)CCC[C@H](O)[C@H]1COC(=O)O1. The van der Waals surface area contributed by atoms with Gasteiger partial charge in [0.1, 0.15) is 6.61 Å². The van der Waals surface area contributed by atoms with Crippen LogP contribution in [0, 0.1) is 0 Å². The normalized spacial score (nSPS) is 21.7. The fourth-order valence-corrected chi connectivity index (χ4v) is 1.27. The summed E-state index contributed by atoms with van der Waals surface area (Å²) >= 11 is 0. The summed E-state index contributed by atoms with van der Waals surface area (Å²) in [5.41, 5.74) is 0. The monoisotopic (exact) mass is 218 g/mol. The summed E-state index contributed by atoms with van der Waals surface area (Å²) < 4.78 is 13.6. The van der Waals surface area contributed by atoms with Crippen LogP contribution in [-0.4, -0.2) is 43.2 Å². The molecule has 0 aromatic carbocycles. The molecule has 0 aromatic heterocycles. The minimum absolute atomic E-state index is 0.0677. The Bertz CT molecular complexity index is 239. The molecule has 0 amide bonds. The van der Waals surface area contributed by atoms with Gasteiger partial charge in [0.2, 0.25) is 0 Å². The van der Waals surface area contributed by atoms with E-state index in [4.69, 9.17) is 0 Å². The van der Waals surface area contributed by atoms with E-state index >= 15 is 0 Å². The van der Waals surface area contributed by atoms with Crippen molar-refractivity contribution in [2.75, 3.05) is 13.7 Å². The fraction of sp³-hybridized carbons (Fsp3) is 0.778. The Labute approximate surface area is 87.1 Å². The molecule has 0 aliphatic carbocycles. The van der Waals surface area contributed by atoms with Gasteiger partial charge in [0.25, 0.3) is 0 Å². The Kier molecular flexibility index (Phi) is 4.36. The maximum atomic E-state index is 10.8. The minimum atomic E-state index is -0.791. The van der Waals surface area contributed by atoms with Crippen LogP contribution in [0.15, 0.2) is 0 Å². The zero-order valence-corrected chi connectivity index (χ0v) is 8.47. The highest BCUT2D eigenvalue weighted by atomic mass is 16.8. The molecule has 6 nitrogen and oxygen atoms in total. The molecule has 1 saturated heterocycles. The molecule has 1 rings (SSSR count). The quantitative estimate of drug-likeness (QED) is 0.665. The number of methoxy groups -OCH3 is 1. The predicted octanol–water partition coefficient (Wildman–Crippen LogP) is 0.226. The maximum absolute atomic E-state index is 10.8. The van der Waals surface area contributed by atoms with Crippen LogP contribution in [-0.2, 0) is 19.0 Å². The second-order valence-electron chi connectivity index (χ2n) is 3.25. The molecule has 6 heteroatoms. The number of carbonyl (C=O) groups excluding carboxylic acids is 2. The smallest absolute Gasteiger partial charge is 0.469 e. The zero-order chi connectivity index (χ0) is 11.3. The first-order chi connectivity index (χ1) is 7.13. The highest BCUT2D eigenvalue weighted by Gasteiger charge is 2.31. The number of ether oxygens (including phenoxy) is 3. The Morgan fingerprint density at radius 2 is 2.47 bits per heavy atom. The van der Waals surface area contributed by atoms with Gasteiger partial charge in [0.05, 0.1) is 13.2 Å². The van der Waals surface area contributed by atoms with Crippen molar-refractivity contribution in [2.45, 2.75) is 31.5 Å². The molecule has 1 aliphatic rings. The second-order valence-corrected chi connectivity index (χ2v) is 3.25. The summed E-state index contributed by atoms with van der Waals surface area (Å²) in [6, 6.07) is 0. The van der Waals surface area contributed by atoms with E-state index in [2.05, 4.69) is 14.2 Å². The van der Waals surface area contributed by atoms with E-state index in [-0.39, 0.29) is 19.0 Å². The molecule has 0 aromatic rings. The van der Waals surface area contributed by atoms with Crippen LogP contribution in [0.5, 0.6) is 0 Å². The number of rotatable bonds is 5. The summed E-state index contributed by atoms with van der Waals surface area (Å²) in [6.07, 6.45) is -1.06. The van der Waals surface area contributed by atoms with Gasteiger partial charge in [-0.15, -0.1) is 0 Å². The number of esters is 1. The van der Waals surface area contributed by atoms with Crippen molar-refractivity contribution in [2.24, 2.45) is 0 Å². The highest BCUT2D eigenvalue weighted by molar-refractivity contribution is 5.69. The van der Waals surface area contributed by atoms with E-state index in [0.717, 1.165) is 0 Å². The average Bonchev–Trinajstić information content (AvgIpc) is 2.64. The van der Waals surface area contributed by atoms with E-state index in [1.165, 1.54) is 7.11 Å². The van der Waals surface area contributed by atoms with Crippen molar-refractivity contribution in [3.8, 4) is 0 Å². The van der Waals surface area contributed by atoms with Gasteiger partial charge in [-0.1, -0.05) is 0 Å². The molecule has 1 fully saturated rings. The summed E-state index contributed by atoms with van der Waals surface area (Å²) in [5.74, 6) is -0.318. The first kappa shape index (κ1) is 11.8. The first-order valence-corrected chi connectivity index (χ1v) is 4.71. The number of carbonyl (C=O) groups is 2. The summed E-state index contributed by atoms with van der Waals surface area (Å²) in [5, 5.41) is 9.54. The van der Waals surface area contributed by atoms with Gasteiger partial charge in [-0.2, -0.15) is 0 Å². The molecular formula is C9H14O6. The third kappa shape index (κ3) is 3.75. The van der Waals surface area contributed by atoms with Gasteiger partial charge in [0, 0.05) is 6.42 Å². The van der Waals surface area contributed by atoms with Crippen LogP contribution >= 0.6 is 0 Å².